The van der Waals surface area contributed by atoms with Gasteiger partial charge in [-0.2, -0.15) is 5.10 Å². The van der Waals surface area contributed by atoms with Crippen LogP contribution in [0.3, 0.4) is 0 Å². The van der Waals surface area contributed by atoms with Crippen molar-refractivity contribution in [1.29, 1.82) is 0 Å². The van der Waals surface area contributed by atoms with Crippen LogP contribution in [0.1, 0.15) is 12.0 Å². The highest BCUT2D eigenvalue weighted by Gasteiger charge is 2.08. The van der Waals surface area contributed by atoms with Crippen LogP contribution in [0.25, 0.3) is 11.3 Å². The van der Waals surface area contributed by atoms with Gasteiger partial charge in [-0.1, -0.05) is 12.2 Å². The monoisotopic (exact) mass is 451 g/mol. The Morgan fingerprint density at radius 2 is 1.97 bits per heavy atom. The van der Waals surface area contributed by atoms with Gasteiger partial charge >= 0.3 is 0 Å². The zero-order valence-corrected chi connectivity index (χ0v) is 19.3. The average Bonchev–Trinajstić information content (AvgIpc) is 3.37. The van der Waals surface area contributed by atoms with Gasteiger partial charge in [0.1, 0.15) is 0 Å². The standard InChI is InChI=1S/C25H33N5O3/c1-27-12-13-28-22-8-7-21(26)16-20(22)18-32-14-4-3-5-15-33-25-17-19(6-9-24(25)31-2)23-10-11-29-30-23/h3-4,6-11,16-17,27-28H,5,12-15,18,26H2,1-2H3,(H,29,30)/b4-3+. The minimum absolute atomic E-state index is 0.491. The molecular formula is C25H33N5O3. The molecule has 176 valence electrons. The van der Waals surface area contributed by atoms with Gasteiger partial charge in [-0.05, 0) is 55.9 Å². The maximum atomic E-state index is 5.94. The number of aromatic amines is 1. The molecule has 8 heteroatoms. The summed E-state index contributed by atoms with van der Waals surface area (Å²) in [6, 6.07) is 13.6. The van der Waals surface area contributed by atoms with Crippen LogP contribution in [0.2, 0.25) is 0 Å². The van der Waals surface area contributed by atoms with Crippen molar-refractivity contribution in [2.75, 3.05) is 51.5 Å². The summed E-state index contributed by atoms with van der Waals surface area (Å²) < 4.78 is 17.2. The first-order chi connectivity index (χ1) is 16.2. The normalized spacial score (nSPS) is 11.1. The number of methoxy groups -OCH3 is 1. The number of nitrogens with one attached hydrogen (secondary N) is 3. The van der Waals surface area contributed by atoms with E-state index in [1.54, 1.807) is 13.3 Å². The van der Waals surface area contributed by atoms with E-state index in [1.807, 2.05) is 55.6 Å². The summed E-state index contributed by atoms with van der Waals surface area (Å²) in [5, 5.41) is 13.5. The molecule has 0 radical (unpaired) electrons. The molecule has 0 saturated carbocycles. The summed E-state index contributed by atoms with van der Waals surface area (Å²) in [6.07, 6.45) is 6.54. The van der Waals surface area contributed by atoms with Crippen molar-refractivity contribution in [2.24, 2.45) is 0 Å². The van der Waals surface area contributed by atoms with Crippen LogP contribution in [0, 0.1) is 0 Å². The van der Waals surface area contributed by atoms with Crippen molar-refractivity contribution in [3.05, 3.63) is 66.4 Å². The van der Waals surface area contributed by atoms with E-state index >= 15 is 0 Å². The van der Waals surface area contributed by atoms with Crippen LogP contribution in [0.5, 0.6) is 11.5 Å². The number of ether oxygens (including phenoxy) is 3. The van der Waals surface area contributed by atoms with Crippen molar-refractivity contribution >= 4 is 11.4 Å². The molecular weight excluding hydrogens is 418 g/mol. The molecule has 0 atom stereocenters. The number of hydrogen-bond acceptors (Lipinski definition) is 7. The first-order valence-electron chi connectivity index (χ1n) is 11.0. The largest absolute Gasteiger partial charge is 0.493 e. The maximum Gasteiger partial charge on any atom is 0.161 e. The number of nitrogens with zero attached hydrogens (tertiary/aromatic N) is 1. The Hall–Kier alpha value is -3.49. The molecule has 0 unspecified atom stereocenters. The fraction of sp³-hybridized carbons (Fsp3) is 0.320. The SMILES string of the molecule is CNCCNc1ccc(N)cc1COC/C=C/CCOc1cc(-c2ccn[nH]2)ccc1OC. The molecule has 0 bridgehead atoms. The first-order valence-corrected chi connectivity index (χ1v) is 11.0. The van der Waals surface area contributed by atoms with Crippen LogP contribution in [-0.4, -0.2) is 50.7 Å². The molecule has 0 fully saturated rings. The highest BCUT2D eigenvalue weighted by Crippen LogP contribution is 2.31. The lowest BCUT2D eigenvalue weighted by atomic mass is 10.1. The van der Waals surface area contributed by atoms with E-state index in [0.717, 1.165) is 47.7 Å². The van der Waals surface area contributed by atoms with E-state index in [9.17, 15) is 0 Å². The smallest absolute Gasteiger partial charge is 0.161 e. The third-order valence-electron chi connectivity index (χ3n) is 4.98. The van der Waals surface area contributed by atoms with E-state index in [0.29, 0.717) is 31.3 Å². The van der Waals surface area contributed by atoms with Crippen LogP contribution in [-0.2, 0) is 11.3 Å². The predicted molar refractivity (Wildman–Crippen MR) is 133 cm³/mol. The summed E-state index contributed by atoms with van der Waals surface area (Å²) in [5.74, 6) is 1.40. The fourth-order valence-electron chi connectivity index (χ4n) is 3.26. The molecule has 3 aromatic rings. The second-order valence-corrected chi connectivity index (χ2v) is 7.41. The van der Waals surface area contributed by atoms with E-state index < -0.39 is 0 Å². The van der Waals surface area contributed by atoms with Gasteiger partial charge < -0.3 is 30.6 Å². The van der Waals surface area contributed by atoms with Crippen LogP contribution in [0.15, 0.2) is 60.8 Å². The van der Waals surface area contributed by atoms with Crippen LogP contribution >= 0.6 is 0 Å². The highest BCUT2D eigenvalue weighted by molar-refractivity contribution is 5.63. The molecule has 5 N–H and O–H groups in total. The van der Waals surface area contributed by atoms with Crippen molar-refractivity contribution in [1.82, 2.24) is 15.5 Å². The number of likely N-dealkylation sites (N-methyl/N-ethyl adjacent to an activating group) is 1. The molecule has 0 aliphatic rings. The van der Waals surface area contributed by atoms with Crippen molar-refractivity contribution in [3.8, 4) is 22.8 Å². The fourth-order valence-corrected chi connectivity index (χ4v) is 3.26. The summed E-state index contributed by atoms with van der Waals surface area (Å²) >= 11 is 0. The van der Waals surface area contributed by atoms with Gasteiger partial charge in [0.05, 0.1) is 32.6 Å². The lowest BCUT2D eigenvalue weighted by Crippen LogP contribution is -2.18. The molecule has 1 aromatic heterocycles. The van der Waals surface area contributed by atoms with E-state index in [1.165, 1.54) is 0 Å². The van der Waals surface area contributed by atoms with Gasteiger partial charge in [-0.15, -0.1) is 0 Å². The zero-order valence-electron chi connectivity index (χ0n) is 19.3. The second kappa shape index (κ2) is 13.1. The third-order valence-corrected chi connectivity index (χ3v) is 4.98. The van der Waals surface area contributed by atoms with Gasteiger partial charge in [0.25, 0.3) is 0 Å². The van der Waals surface area contributed by atoms with Crippen LogP contribution < -0.4 is 25.8 Å². The summed E-state index contributed by atoms with van der Waals surface area (Å²) in [4.78, 5) is 0. The van der Waals surface area contributed by atoms with E-state index in [-0.39, 0.29) is 0 Å². The summed E-state index contributed by atoms with van der Waals surface area (Å²) in [5.41, 5.74) is 10.7. The van der Waals surface area contributed by atoms with Gasteiger partial charge in [0, 0.05) is 41.8 Å². The molecule has 0 aliphatic heterocycles. The Morgan fingerprint density at radius 3 is 2.76 bits per heavy atom. The number of H-pyrrole nitrogens is 1. The number of aromatic nitrogens is 2. The number of rotatable bonds is 14. The Labute approximate surface area is 195 Å². The average molecular weight is 452 g/mol. The zero-order chi connectivity index (χ0) is 23.3. The maximum absolute atomic E-state index is 5.94. The number of benzene rings is 2. The lowest BCUT2D eigenvalue weighted by Gasteiger charge is -2.13. The molecule has 2 aromatic carbocycles. The van der Waals surface area contributed by atoms with E-state index in [4.69, 9.17) is 19.9 Å². The molecule has 0 aliphatic carbocycles. The number of hydrogen-bond donors (Lipinski definition) is 4. The van der Waals surface area contributed by atoms with Gasteiger partial charge in [0.15, 0.2) is 11.5 Å². The molecule has 0 amide bonds. The highest BCUT2D eigenvalue weighted by atomic mass is 16.5. The van der Waals surface area contributed by atoms with Gasteiger partial charge in [-0.25, -0.2) is 0 Å². The number of anilines is 2. The van der Waals surface area contributed by atoms with Gasteiger partial charge in [-0.3, -0.25) is 5.10 Å². The summed E-state index contributed by atoms with van der Waals surface area (Å²) in [7, 11) is 3.57. The summed E-state index contributed by atoms with van der Waals surface area (Å²) in [6.45, 7) is 3.26. The van der Waals surface area contributed by atoms with Crippen molar-refractivity contribution in [3.63, 3.8) is 0 Å². The predicted octanol–water partition coefficient (Wildman–Crippen LogP) is 3.84. The number of nitrogen functional groups attached to an aromatic ring is 1. The third kappa shape index (κ3) is 7.55. The molecule has 0 spiro atoms. The van der Waals surface area contributed by atoms with Crippen LogP contribution in [0.4, 0.5) is 11.4 Å². The molecule has 3 rings (SSSR count). The van der Waals surface area contributed by atoms with Crippen molar-refractivity contribution in [2.45, 2.75) is 13.0 Å². The molecule has 0 saturated heterocycles. The first kappa shape index (κ1) is 24.2. The molecule has 33 heavy (non-hydrogen) atoms. The Bertz CT molecular complexity index is 1010. The minimum Gasteiger partial charge on any atom is -0.493 e. The Morgan fingerprint density at radius 1 is 1.06 bits per heavy atom. The Kier molecular flexibility index (Phi) is 9.63. The van der Waals surface area contributed by atoms with Crippen molar-refractivity contribution < 1.29 is 14.2 Å². The minimum atomic E-state index is 0.491. The Balaban J connectivity index is 1.42. The van der Waals surface area contributed by atoms with Gasteiger partial charge in [0.2, 0.25) is 0 Å². The lowest BCUT2D eigenvalue weighted by molar-refractivity contribution is 0.149. The quantitative estimate of drug-likeness (QED) is 0.168. The topological polar surface area (TPSA) is 106 Å². The number of nitrogens with two attached hydrogens (primary N) is 1. The van der Waals surface area contributed by atoms with E-state index in [2.05, 4.69) is 26.9 Å². The molecule has 8 nitrogen and oxygen atoms in total. The second-order valence-electron chi connectivity index (χ2n) is 7.41. The molecule has 1 heterocycles.